The van der Waals surface area contributed by atoms with Gasteiger partial charge >= 0.3 is 0 Å². The van der Waals surface area contributed by atoms with E-state index in [9.17, 15) is 0 Å². The molecule has 2 rings (SSSR count). The number of para-hydroxylation sites is 1. The minimum Gasteiger partial charge on any atom is -0.456 e. The van der Waals surface area contributed by atoms with Crippen molar-refractivity contribution in [2.45, 2.75) is 26.2 Å². The normalized spacial score (nSPS) is 11.4. The van der Waals surface area contributed by atoms with Gasteiger partial charge in [0.15, 0.2) is 0 Å². The fourth-order valence-electron chi connectivity index (χ4n) is 1.89. The second-order valence-corrected chi connectivity index (χ2v) is 6.39. The van der Waals surface area contributed by atoms with Crippen LogP contribution in [0.4, 0.5) is 5.69 Å². The molecule has 0 saturated heterocycles. The molecule has 0 radical (unpaired) electrons. The van der Waals surface area contributed by atoms with E-state index in [1.54, 1.807) is 0 Å². The molecular weight excluding hydrogens is 302 g/mol. The molecule has 100 valence electrons. The van der Waals surface area contributed by atoms with Crippen molar-refractivity contribution in [3.8, 4) is 11.5 Å². The van der Waals surface area contributed by atoms with E-state index < -0.39 is 0 Å². The second-order valence-electron chi connectivity index (χ2n) is 5.54. The Labute approximate surface area is 122 Å². The van der Waals surface area contributed by atoms with Crippen molar-refractivity contribution in [1.29, 1.82) is 0 Å². The van der Waals surface area contributed by atoms with Gasteiger partial charge in [-0.25, -0.2) is 0 Å². The van der Waals surface area contributed by atoms with Gasteiger partial charge in [-0.05, 0) is 45.6 Å². The van der Waals surface area contributed by atoms with Crippen molar-refractivity contribution in [2.75, 3.05) is 5.73 Å². The summed E-state index contributed by atoms with van der Waals surface area (Å²) in [6.45, 7) is 6.52. The molecule has 0 unspecified atom stereocenters. The number of nitrogens with two attached hydrogens (primary N) is 1. The quantitative estimate of drug-likeness (QED) is 0.779. The zero-order valence-corrected chi connectivity index (χ0v) is 13.0. The Balaban J connectivity index is 2.39. The van der Waals surface area contributed by atoms with Crippen molar-refractivity contribution >= 4 is 21.6 Å². The molecule has 2 aromatic carbocycles. The molecule has 0 fully saturated rings. The summed E-state index contributed by atoms with van der Waals surface area (Å²) < 4.78 is 6.88. The minimum atomic E-state index is 0.0386. The number of halogens is 1. The summed E-state index contributed by atoms with van der Waals surface area (Å²) in [5, 5.41) is 0. The highest BCUT2D eigenvalue weighted by molar-refractivity contribution is 9.10. The Morgan fingerprint density at radius 3 is 2.32 bits per heavy atom. The van der Waals surface area contributed by atoms with Crippen LogP contribution in [-0.4, -0.2) is 0 Å². The van der Waals surface area contributed by atoms with Gasteiger partial charge < -0.3 is 10.5 Å². The van der Waals surface area contributed by atoms with Crippen LogP contribution in [0.15, 0.2) is 46.9 Å². The van der Waals surface area contributed by atoms with Gasteiger partial charge in [0, 0.05) is 11.3 Å². The molecule has 0 aliphatic carbocycles. The van der Waals surface area contributed by atoms with Crippen LogP contribution in [0, 0.1) is 0 Å². The highest BCUT2D eigenvalue weighted by atomic mass is 79.9. The summed E-state index contributed by atoms with van der Waals surface area (Å²) in [6.07, 6.45) is 0. The van der Waals surface area contributed by atoms with E-state index in [1.807, 2.05) is 36.4 Å². The lowest BCUT2D eigenvalue weighted by Gasteiger charge is -2.22. The van der Waals surface area contributed by atoms with Crippen LogP contribution >= 0.6 is 15.9 Å². The molecule has 3 heteroatoms. The van der Waals surface area contributed by atoms with Crippen LogP contribution < -0.4 is 10.5 Å². The fraction of sp³-hybridized carbons (Fsp3) is 0.250. The molecular formula is C16H18BrNO. The van der Waals surface area contributed by atoms with Gasteiger partial charge in [-0.15, -0.1) is 0 Å². The van der Waals surface area contributed by atoms with E-state index in [4.69, 9.17) is 10.5 Å². The number of hydrogen-bond acceptors (Lipinski definition) is 2. The largest absolute Gasteiger partial charge is 0.456 e. The third-order valence-corrected chi connectivity index (χ3v) is 3.49. The molecule has 0 amide bonds. The SMILES string of the molecule is CC(C)(C)c1ccccc1Oc1ccc(N)cc1Br. The summed E-state index contributed by atoms with van der Waals surface area (Å²) in [7, 11) is 0. The minimum absolute atomic E-state index is 0.0386. The molecule has 0 aliphatic heterocycles. The lowest BCUT2D eigenvalue weighted by Crippen LogP contribution is -2.12. The Morgan fingerprint density at radius 1 is 1.00 bits per heavy atom. The highest BCUT2D eigenvalue weighted by Gasteiger charge is 2.19. The van der Waals surface area contributed by atoms with E-state index >= 15 is 0 Å². The van der Waals surface area contributed by atoms with Crippen molar-refractivity contribution in [3.05, 3.63) is 52.5 Å². The van der Waals surface area contributed by atoms with E-state index in [2.05, 4.69) is 42.8 Å². The Bertz CT molecular complexity index is 588. The van der Waals surface area contributed by atoms with Gasteiger partial charge in [-0.3, -0.25) is 0 Å². The predicted molar refractivity (Wildman–Crippen MR) is 83.8 cm³/mol. The van der Waals surface area contributed by atoms with E-state index in [-0.39, 0.29) is 5.41 Å². The first-order valence-electron chi connectivity index (χ1n) is 6.20. The predicted octanol–water partition coefficient (Wildman–Crippen LogP) is 5.12. The summed E-state index contributed by atoms with van der Waals surface area (Å²) in [5.74, 6) is 1.64. The number of anilines is 1. The van der Waals surface area contributed by atoms with Crippen LogP contribution in [0.3, 0.4) is 0 Å². The topological polar surface area (TPSA) is 35.2 Å². The van der Waals surface area contributed by atoms with Crippen LogP contribution in [0.1, 0.15) is 26.3 Å². The maximum Gasteiger partial charge on any atom is 0.141 e. The summed E-state index contributed by atoms with van der Waals surface area (Å²) in [6, 6.07) is 13.7. The third-order valence-electron chi connectivity index (χ3n) is 2.87. The van der Waals surface area contributed by atoms with Crippen LogP contribution in [0.5, 0.6) is 11.5 Å². The standard InChI is InChI=1S/C16H18BrNO/c1-16(2,3)12-6-4-5-7-14(12)19-15-9-8-11(18)10-13(15)17/h4-10H,18H2,1-3H3. The molecule has 0 spiro atoms. The Morgan fingerprint density at radius 2 is 1.68 bits per heavy atom. The molecule has 19 heavy (non-hydrogen) atoms. The fourth-order valence-corrected chi connectivity index (χ4v) is 2.37. The highest BCUT2D eigenvalue weighted by Crippen LogP contribution is 2.36. The first-order chi connectivity index (χ1) is 8.88. The summed E-state index contributed by atoms with van der Waals surface area (Å²) in [4.78, 5) is 0. The molecule has 0 aromatic heterocycles. The second kappa shape index (κ2) is 5.25. The smallest absolute Gasteiger partial charge is 0.141 e. The van der Waals surface area contributed by atoms with Crippen LogP contribution in [0.25, 0.3) is 0 Å². The van der Waals surface area contributed by atoms with Gasteiger partial charge in [0.1, 0.15) is 11.5 Å². The maximum absolute atomic E-state index is 6.02. The third kappa shape index (κ3) is 3.29. The Kier molecular flexibility index (Phi) is 3.85. The van der Waals surface area contributed by atoms with E-state index in [1.165, 1.54) is 5.56 Å². The zero-order chi connectivity index (χ0) is 14.0. The maximum atomic E-state index is 6.02. The zero-order valence-electron chi connectivity index (χ0n) is 11.4. The lowest BCUT2D eigenvalue weighted by molar-refractivity contribution is 0.453. The lowest BCUT2D eigenvalue weighted by atomic mass is 9.86. The number of benzene rings is 2. The molecule has 0 bridgehead atoms. The monoisotopic (exact) mass is 319 g/mol. The van der Waals surface area contributed by atoms with Crippen LogP contribution in [0.2, 0.25) is 0 Å². The number of nitrogen functional groups attached to an aromatic ring is 1. The number of rotatable bonds is 2. The van der Waals surface area contributed by atoms with Gasteiger partial charge in [0.2, 0.25) is 0 Å². The molecule has 2 N–H and O–H groups in total. The number of ether oxygens (including phenoxy) is 1. The van der Waals surface area contributed by atoms with E-state index in [0.717, 1.165) is 16.0 Å². The molecule has 2 aromatic rings. The average Bonchev–Trinajstić information content (AvgIpc) is 2.32. The summed E-state index contributed by atoms with van der Waals surface area (Å²) in [5.41, 5.74) is 7.66. The molecule has 0 aliphatic rings. The molecule has 0 atom stereocenters. The summed E-state index contributed by atoms with van der Waals surface area (Å²) >= 11 is 3.47. The van der Waals surface area contributed by atoms with Gasteiger partial charge in [-0.2, -0.15) is 0 Å². The first kappa shape index (κ1) is 13.9. The van der Waals surface area contributed by atoms with Crippen molar-refractivity contribution in [1.82, 2.24) is 0 Å². The van der Waals surface area contributed by atoms with E-state index in [0.29, 0.717) is 5.69 Å². The Hall–Kier alpha value is -1.48. The van der Waals surface area contributed by atoms with Crippen molar-refractivity contribution in [2.24, 2.45) is 0 Å². The van der Waals surface area contributed by atoms with Gasteiger partial charge in [-0.1, -0.05) is 39.0 Å². The average molecular weight is 320 g/mol. The van der Waals surface area contributed by atoms with Crippen molar-refractivity contribution < 1.29 is 4.74 Å². The molecule has 0 saturated carbocycles. The molecule has 2 nitrogen and oxygen atoms in total. The first-order valence-corrected chi connectivity index (χ1v) is 6.99. The number of hydrogen-bond donors (Lipinski definition) is 1. The van der Waals surface area contributed by atoms with Crippen LogP contribution in [-0.2, 0) is 5.41 Å². The van der Waals surface area contributed by atoms with Gasteiger partial charge in [0.05, 0.1) is 4.47 Å². The van der Waals surface area contributed by atoms with Gasteiger partial charge in [0.25, 0.3) is 0 Å². The van der Waals surface area contributed by atoms with Crippen molar-refractivity contribution in [3.63, 3.8) is 0 Å². The molecule has 0 heterocycles.